The van der Waals surface area contributed by atoms with Crippen LogP contribution in [0.3, 0.4) is 0 Å². The molecule has 2 heterocycles. The zero-order valence-corrected chi connectivity index (χ0v) is 16.2. The number of hydrogen-bond donors (Lipinski definition) is 0. The van der Waals surface area contributed by atoms with Crippen LogP contribution >= 0.6 is 0 Å². The van der Waals surface area contributed by atoms with Crippen molar-refractivity contribution < 1.29 is 9.53 Å². The van der Waals surface area contributed by atoms with E-state index >= 15 is 0 Å². The molecule has 4 heteroatoms. The maximum atomic E-state index is 12.8. The SMILES string of the molecule is CC(CN1CCCCC1)C(=O)N1CCC(CCOc2ccccc2)CC1. The molecule has 3 rings (SSSR count). The van der Waals surface area contributed by atoms with Gasteiger partial charge in [-0.3, -0.25) is 4.79 Å². The molecule has 1 atom stereocenters. The van der Waals surface area contributed by atoms with Gasteiger partial charge in [0.1, 0.15) is 5.75 Å². The van der Waals surface area contributed by atoms with Gasteiger partial charge in [0.25, 0.3) is 0 Å². The molecule has 0 spiro atoms. The number of carbonyl (C=O) groups is 1. The first kappa shape index (κ1) is 19.2. The Morgan fingerprint density at radius 1 is 1.08 bits per heavy atom. The maximum Gasteiger partial charge on any atom is 0.226 e. The van der Waals surface area contributed by atoms with Crippen LogP contribution in [0, 0.1) is 11.8 Å². The number of hydrogen-bond acceptors (Lipinski definition) is 3. The Kier molecular flexibility index (Phi) is 7.36. The fourth-order valence-electron chi connectivity index (χ4n) is 4.22. The quantitative estimate of drug-likeness (QED) is 0.743. The molecule has 1 aromatic carbocycles. The Hall–Kier alpha value is -1.55. The van der Waals surface area contributed by atoms with Gasteiger partial charge in [-0.2, -0.15) is 0 Å². The molecular formula is C22H34N2O2. The number of rotatable bonds is 7. The molecule has 1 amide bonds. The second kappa shape index (κ2) is 9.96. The van der Waals surface area contributed by atoms with Crippen molar-refractivity contribution in [2.45, 2.75) is 45.4 Å². The summed E-state index contributed by atoms with van der Waals surface area (Å²) < 4.78 is 5.82. The zero-order valence-electron chi connectivity index (χ0n) is 16.2. The van der Waals surface area contributed by atoms with E-state index in [1.165, 1.54) is 32.4 Å². The van der Waals surface area contributed by atoms with Gasteiger partial charge in [-0.15, -0.1) is 0 Å². The summed E-state index contributed by atoms with van der Waals surface area (Å²) in [7, 11) is 0. The van der Waals surface area contributed by atoms with Crippen molar-refractivity contribution >= 4 is 5.91 Å². The zero-order chi connectivity index (χ0) is 18.2. The van der Waals surface area contributed by atoms with Crippen LogP contribution in [0.4, 0.5) is 0 Å². The Morgan fingerprint density at radius 2 is 1.77 bits per heavy atom. The lowest BCUT2D eigenvalue weighted by molar-refractivity contribution is -0.137. The first-order valence-corrected chi connectivity index (χ1v) is 10.4. The summed E-state index contributed by atoms with van der Waals surface area (Å²) in [5, 5.41) is 0. The van der Waals surface area contributed by atoms with Gasteiger partial charge in [-0.25, -0.2) is 0 Å². The van der Waals surface area contributed by atoms with Crippen LogP contribution in [-0.4, -0.2) is 55.0 Å². The van der Waals surface area contributed by atoms with E-state index in [9.17, 15) is 4.79 Å². The van der Waals surface area contributed by atoms with E-state index in [-0.39, 0.29) is 5.92 Å². The molecule has 1 unspecified atom stereocenters. The van der Waals surface area contributed by atoms with Crippen LogP contribution in [0.5, 0.6) is 5.75 Å². The van der Waals surface area contributed by atoms with Crippen molar-refractivity contribution in [2.75, 3.05) is 39.3 Å². The van der Waals surface area contributed by atoms with Crippen LogP contribution in [0.25, 0.3) is 0 Å². The van der Waals surface area contributed by atoms with E-state index in [0.29, 0.717) is 11.8 Å². The van der Waals surface area contributed by atoms with Gasteiger partial charge in [0.2, 0.25) is 5.91 Å². The molecule has 2 aliphatic heterocycles. The number of likely N-dealkylation sites (tertiary alicyclic amines) is 2. The van der Waals surface area contributed by atoms with Crippen molar-refractivity contribution in [3.63, 3.8) is 0 Å². The molecule has 1 aromatic rings. The fraction of sp³-hybridized carbons (Fsp3) is 0.682. The first-order valence-electron chi connectivity index (χ1n) is 10.4. The lowest BCUT2D eigenvalue weighted by atomic mass is 9.93. The van der Waals surface area contributed by atoms with Crippen molar-refractivity contribution in [3.8, 4) is 5.75 Å². The second-order valence-corrected chi connectivity index (χ2v) is 7.98. The van der Waals surface area contributed by atoms with E-state index in [0.717, 1.165) is 51.3 Å². The minimum absolute atomic E-state index is 0.131. The monoisotopic (exact) mass is 358 g/mol. The molecule has 0 N–H and O–H groups in total. The van der Waals surface area contributed by atoms with E-state index in [2.05, 4.69) is 16.7 Å². The molecule has 0 aromatic heterocycles. The molecule has 26 heavy (non-hydrogen) atoms. The third kappa shape index (κ3) is 5.73. The number of ether oxygens (including phenoxy) is 1. The number of para-hydroxylation sites is 1. The number of nitrogens with zero attached hydrogens (tertiary/aromatic N) is 2. The van der Waals surface area contributed by atoms with Gasteiger partial charge >= 0.3 is 0 Å². The molecule has 4 nitrogen and oxygen atoms in total. The summed E-state index contributed by atoms with van der Waals surface area (Å²) in [6, 6.07) is 10.0. The Morgan fingerprint density at radius 3 is 2.46 bits per heavy atom. The Balaban J connectivity index is 1.34. The Labute approximate surface area is 158 Å². The molecule has 0 bridgehead atoms. The molecule has 2 aliphatic rings. The topological polar surface area (TPSA) is 32.8 Å². The maximum absolute atomic E-state index is 12.8. The summed E-state index contributed by atoms with van der Waals surface area (Å²) >= 11 is 0. The average Bonchev–Trinajstić information content (AvgIpc) is 2.69. The largest absolute Gasteiger partial charge is 0.494 e. The van der Waals surface area contributed by atoms with Gasteiger partial charge in [-0.05, 0) is 63.2 Å². The highest BCUT2D eigenvalue weighted by molar-refractivity contribution is 5.78. The summed E-state index contributed by atoms with van der Waals surface area (Å²) in [6.07, 6.45) is 7.23. The van der Waals surface area contributed by atoms with Gasteiger partial charge < -0.3 is 14.5 Å². The van der Waals surface area contributed by atoms with Crippen LogP contribution in [-0.2, 0) is 4.79 Å². The fourth-order valence-corrected chi connectivity index (χ4v) is 4.22. The second-order valence-electron chi connectivity index (χ2n) is 7.98. The van der Waals surface area contributed by atoms with Crippen LogP contribution in [0.1, 0.15) is 45.4 Å². The number of piperidine rings is 2. The lowest BCUT2D eigenvalue weighted by Gasteiger charge is -2.35. The molecule has 2 fully saturated rings. The molecule has 0 aliphatic carbocycles. The summed E-state index contributed by atoms with van der Waals surface area (Å²) in [6.45, 7) is 7.98. The minimum atomic E-state index is 0.131. The number of benzene rings is 1. The number of carbonyl (C=O) groups excluding carboxylic acids is 1. The van der Waals surface area contributed by atoms with Crippen LogP contribution in [0.15, 0.2) is 30.3 Å². The van der Waals surface area contributed by atoms with E-state index in [1.54, 1.807) is 0 Å². The average molecular weight is 359 g/mol. The van der Waals surface area contributed by atoms with Crippen molar-refractivity contribution in [1.82, 2.24) is 9.80 Å². The van der Waals surface area contributed by atoms with E-state index in [1.807, 2.05) is 30.3 Å². The van der Waals surface area contributed by atoms with Crippen molar-refractivity contribution in [2.24, 2.45) is 11.8 Å². The third-order valence-electron chi connectivity index (χ3n) is 5.87. The third-order valence-corrected chi connectivity index (χ3v) is 5.87. The van der Waals surface area contributed by atoms with Gasteiger partial charge in [-0.1, -0.05) is 31.5 Å². The molecule has 2 saturated heterocycles. The highest BCUT2D eigenvalue weighted by atomic mass is 16.5. The smallest absolute Gasteiger partial charge is 0.226 e. The van der Waals surface area contributed by atoms with Gasteiger partial charge in [0.15, 0.2) is 0 Å². The van der Waals surface area contributed by atoms with E-state index < -0.39 is 0 Å². The van der Waals surface area contributed by atoms with Gasteiger partial charge in [0, 0.05) is 25.6 Å². The predicted octanol–water partition coefficient (Wildman–Crippen LogP) is 3.82. The summed E-state index contributed by atoms with van der Waals surface area (Å²) in [5.41, 5.74) is 0. The van der Waals surface area contributed by atoms with E-state index in [4.69, 9.17) is 4.74 Å². The predicted molar refractivity (Wildman–Crippen MR) is 105 cm³/mol. The standard InChI is InChI=1S/C22H34N2O2/c1-19(18-23-13-6-3-7-14-23)22(25)24-15-10-20(11-16-24)12-17-26-21-8-4-2-5-9-21/h2,4-5,8-9,19-20H,3,6-7,10-18H2,1H3. The number of amides is 1. The normalized spacial score (nSPS) is 20.7. The lowest BCUT2D eigenvalue weighted by Crippen LogP contribution is -2.45. The Bertz CT molecular complexity index is 534. The molecular weight excluding hydrogens is 324 g/mol. The molecule has 144 valence electrons. The summed E-state index contributed by atoms with van der Waals surface area (Å²) in [5.74, 6) is 2.12. The molecule has 0 radical (unpaired) electrons. The van der Waals surface area contributed by atoms with Crippen LogP contribution in [0.2, 0.25) is 0 Å². The van der Waals surface area contributed by atoms with Crippen molar-refractivity contribution in [3.05, 3.63) is 30.3 Å². The van der Waals surface area contributed by atoms with Crippen molar-refractivity contribution in [1.29, 1.82) is 0 Å². The molecule has 0 saturated carbocycles. The van der Waals surface area contributed by atoms with Crippen LogP contribution < -0.4 is 4.74 Å². The van der Waals surface area contributed by atoms with Gasteiger partial charge in [0.05, 0.1) is 6.61 Å². The minimum Gasteiger partial charge on any atom is -0.494 e. The first-order chi connectivity index (χ1) is 12.7. The summed E-state index contributed by atoms with van der Waals surface area (Å²) in [4.78, 5) is 17.3. The highest BCUT2D eigenvalue weighted by Gasteiger charge is 2.27. The highest BCUT2D eigenvalue weighted by Crippen LogP contribution is 2.23.